The molecule has 8 heteroatoms. The van der Waals surface area contributed by atoms with Crippen molar-refractivity contribution in [3.8, 4) is 0 Å². The molecule has 1 aliphatic rings. The molecule has 0 unspecified atom stereocenters. The summed E-state index contributed by atoms with van der Waals surface area (Å²) in [5.41, 5.74) is 0.293. The van der Waals surface area contributed by atoms with Crippen LogP contribution in [0.1, 0.15) is 12.8 Å². The molecule has 118 valence electrons. The lowest BCUT2D eigenvalue weighted by atomic mass is 10.0. The Hall–Kier alpha value is -0.920. The lowest BCUT2D eigenvalue weighted by Crippen LogP contribution is -2.41. The standard InChI is InChI=1S/C13H19ClFN3O2S/c1-21(19,20)7-6-18-4-2-10(3-5-18)17-13-11(14)8-16-9-12(13)15/h8-10H,2-7H2,1H3,(H,16,17). The Bertz CT molecular complexity index is 569. The average molecular weight is 336 g/mol. The molecule has 1 aromatic heterocycles. The molecule has 5 nitrogen and oxygen atoms in total. The number of likely N-dealkylation sites (tertiary alicyclic amines) is 1. The molecule has 21 heavy (non-hydrogen) atoms. The van der Waals surface area contributed by atoms with Gasteiger partial charge in [0.15, 0.2) is 5.82 Å². The topological polar surface area (TPSA) is 62.3 Å². The zero-order valence-corrected chi connectivity index (χ0v) is 13.4. The molecular formula is C13H19ClFN3O2S. The predicted molar refractivity (Wildman–Crippen MR) is 82.0 cm³/mol. The van der Waals surface area contributed by atoms with Crippen LogP contribution in [0.2, 0.25) is 5.02 Å². The Morgan fingerprint density at radius 3 is 2.67 bits per heavy atom. The highest BCUT2D eigenvalue weighted by Crippen LogP contribution is 2.26. The second-order valence-corrected chi connectivity index (χ2v) is 8.04. The third-order valence-electron chi connectivity index (χ3n) is 3.57. The number of sulfone groups is 1. The van der Waals surface area contributed by atoms with Gasteiger partial charge in [-0.15, -0.1) is 0 Å². The molecule has 0 amide bonds. The van der Waals surface area contributed by atoms with E-state index in [2.05, 4.69) is 15.2 Å². The monoisotopic (exact) mass is 335 g/mol. The molecule has 0 saturated carbocycles. The minimum atomic E-state index is -2.93. The van der Waals surface area contributed by atoms with Crippen LogP contribution in [-0.2, 0) is 9.84 Å². The number of nitrogens with one attached hydrogen (secondary N) is 1. The zero-order valence-electron chi connectivity index (χ0n) is 11.8. The smallest absolute Gasteiger partial charge is 0.166 e. The predicted octanol–water partition coefficient (Wildman–Crippen LogP) is 1.79. The number of anilines is 1. The first-order valence-corrected chi connectivity index (χ1v) is 9.24. The van der Waals surface area contributed by atoms with Crippen molar-refractivity contribution in [2.24, 2.45) is 0 Å². The van der Waals surface area contributed by atoms with Crippen molar-refractivity contribution < 1.29 is 12.8 Å². The van der Waals surface area contributed by atoms with Crippen molar-refractivity contribution >= 4 is 27.1 Å². The maximum Gasteiger partial charge on any atom is 0.166 e. The van der Waals surface area contributed by atoms with Gasteiger partial charge in [-0.05, 0) is 12.8 Å². The van der Waals surface area contributed by atoms with Gasteiger partial charge >= 0.3 is 0 Å². The van der Waals surface area contributed by atoms with Crippen LogP contribution in [0, 0.1) is 5.82 Å². The summed E-state index contributed by atoms with van der Waals surface area (Å²) in [6.45, 7) is 2.13. The Morgan fingerprint density at radius 2 is 2.10 bits per heavy atom. The third-order valence-corrected chi connectivity index (χ3v) is 4.78. The Morgan fingerprint density at radius 1 is 1.43 bits per heavy atom. The molecular weight excluding hydrogens is 317 g/mol. The highest BCUT2D eigenvalue weighted by atomic mass is 35.5. The highest BCUT2D eigenvalue weighted by Gasteiger charge is 2.21. The van der Waals surface area contributed by atoms with Crippen molar-refractivity contribution in [2.45, 2.75) is 18.9 Å². The van der Waals surface area contributed by atoms with E-state index in [1.54, 1.807) is 0 Å². The van der Waals surface area contributed by atoms with Gasteiger partial charge in [-0.2, -0.15) is 0 Å². The normalized spacial score (nSPS) is 17.9. The van der Waals surface area contributed by atoms with Crippen molar-refractivity contribution in [1.29, 1.82) is 0 Å². The summed E-state index contributed by atoms with van der Waals surface area (Å²) < 4.78 is 36.0. The van der Waals surface area contributed by atoms with Crippen LogP contribution >= 0.6 is 11.6 Å². The Balaban J connectivity index is 1.84. The number of hydrogen-bond acceptors (Lipinski definition) is 5. The van der Waals surface area contributed by atoms with E-state index in [0.29, 0.717) is 12.2 Å². The first kappa shape index (κ1) is 16.5. The molecule has 0 aliphatic carbocycles. The average Bonchev–Trinajstić information content (AvgIpc) is 2.41. The lowest BCUT2D eigenvalue weighted by Gasteiger charge is -2.32. The summed E-state index contributed by atoms with van der Waals surface area (Å²) in [7, 11) is -2.93. The largest absolute Gasteiger partial charge is 0.379 e. The van der Waals surface area contributed by atoms with E-state index in [0.717, 1.165) is 32.1 Å². The number of nitrogens with zero attached hydrogens (tertiary/aromatic N) is 2. The van der Waals surface area contributed by atoms with Gasteiger partial charge in [-0.25, -0.2) is 12.8 Å². The van der Waals surface area contributed by atoms with Crippen molar-refractivity contribution in [3.05, 3.63) is 23.2 Å². The van der Waals surface area contributed by atoms with Gasteiger partial charge in [0.2, 0.25) is 0 Å². The third kappa shape index (κ3) is 5.09. The van der Waals surface area contributed by atoms with Gasteiger partial charge in [-0.1, -0.05) is 11.6 Å². The fourth-order valence-corrected chi connectivity index (χ4v) is 3.14. The van der Waals surface area contributed by atoms with Crippen LogP contribution < -0.4 is 5.32 Å². The van der Waals surface area contributed by atoms with E-state index >= 15 is 0 Å². The lowest BCUT2D eigenvalue weighted by molar-refractivity contribution is 0.230. The fraction of sp³-hybridized carbons (Fsp3) is 0.615. The van der Waals surface area contributed by atoms with E-state index in [-0.39, 0.29) is 16.8 Å². The number of rotatable bonds is 5. The summed E-state index contributed by atoms with van der Waals surface area (Å²) in [4.78, 5) is 5.80. The number of aromatic nitrogens is 1. The van der Waals surface area contributed by atoms with Crippen molar-refractivity contribution in [1.82, 2.24) is 9.88 Å². The fourth-order valence-electron chi connectivity index (χ4n) is 2.35. The van der Waals surface area contributed by atoms with Crippen LogP contribution in [0.15, 0.2) is 12.4 Å². The Labute approximate surface area is 129 Å². The quantitative estimate of drug-likeness (QED) is 0.889. The molecule has 0 atom stereocenters. The zero-order chi connectivity index (χ0) is 15.5. The summed E-state index contributed by atoms with van der Waals surface area (Å²) in [5, 5.41) is 3.39. The van der Waals surface area contributed by atoms with Gasteiger partial charge in [-0.3, -0.25) is 4.98 Å². The van der Waals surface area contributed by atoms with E-state index in [1.165, 1.54) is 12.5 Å². The van der Waals surface area contributed by atoms with Crippen LogP contribution in [0.25, 0.3) is 0 Å². The SMILES string of the molecule is CS(=O)(=O)CCN1CCC(Nc2c(F)cncc2Cl)CC1. The van der Waals surface area contributed by atoms with Crippen LogP contribution in [0.4, 0.5) is 10.1 Å². The summed E-state index contributed by atoms with van der Waals surface area (Å²) in [5.74, 6) is -0.280. The van der Waals surface area contributed by atoms with E-state index in [1.807, 2.05) is 0 Å². The molecule has 1 saturated heterocycles. The number of hydrogen-bond donors (Lipinski definition) is 1. The van der Waals surface area contributed by atoms with Gasteiger partial charge in [0, 0.05) is 38.1 Å². The van der Waals surface area contributed by atoms with Gasteiger partial charge in [0.1, 0.15) is 9.84 Å². The number of pyridine rings is 1. The maximum atomic E-state index is 13.6. The van der Waals surface area contributed by atoms with Crippen LogP contribution in [0.5, 0.6) is 0 Å². The number of piperidine rings is 1. The van der Waals surface area contributed by atoms with Crippen LogP contribution in [0.3, 0.4) is 0 Å². The van der Waals surface area contributed by atoms with Gasteiger partial charge in [0.05, 0.1) is 22.7 Å². The molecule has 2 heterocycles. The van der Waals surface area contributed by atoms with Gasteiger partial charge < -0.3 is 10.2 Å². The van der Waals surface area contributed by atoms with Crippen molar-refractivity contribution in [2.75, 3.05) is 37.0 Å². The summed E-state index contributed by atoms with van der Waals surface area (Å²) in [6, 6.07) is 0.133. The first-order chi connectivity index (χ1) is 9.85. The second-order valence-electron chi connectivity index (χ2n) is 5.37. The minimum Gasteiger partial charge on any atom is -0.379 e. The molecule has 0 aromatic carbocycles. The number of halogens is 2. The van der Waals surface area contributed by atoms with Crippen LogP contribution in [-0.4, -0.2) is 56.0 Å². The van der Waals surface area contributed by atoms with Gasteiger partial charge in [0.25, 0.3) is 0 Å². The van der Waals surface area contributed by atoms with E-state index in [9.17, 15) is 12.8 Å². The molecule has 1 N–H and O–H groups in total. The Kier molecular flexibility index (Phi) is 5.40. The first-order valence-electron chi connectivity index (χ1n) is 6.81. The molecule has 2 rings (SSSR count). The second kappa shape index (κ2) is 6.89. The summed E-state index contributed by atoms with van der Waals surface area (Å²) >= 11 is 5.94. The molecule has 0 spiro atoms. The van der Waals surface area contributed by atoms with E-state index in [4.69, 9.17) is 11.6 Å². The molecule has 0 radical (unpaired) electrons. The van der Waals surface area contributed by atoms with E-state index < -0.39 is 15.7 Å². The molecule has 1 aromatic rings. The maximum absolute atomic E-state index is 13.6. The summed E-state index contributed by atoms with van der Waals surface area (Å²) in [6.07, 6.45) is 5.43. The highest BCUT2D eigenvalue weighted by molar-refractivity contribution is 7.90. The molecule has 0 bridgehead atoms. The minimum absolute atomic E-state index is 0.133. The molecule has 1 aliphatic heterocycles. The molecule has 1 fully saturated rings. The van der Waals surface area contributed by atoms with Crippen molar-refractivity contribution in [3.63, 3.8) is 0 Å².